The molecule has 2 rings (SSSR count). The summed E-state index contributed by atoms with van der Waals surface area (Å²) in [6, 6.07) is 8.67. The number of thiophene rings is 1. The van der Waals surface area contributed by atoms with E-state index in [4.69, 9.17) is 26.2 Å². The third-order valence-electron chi connectivity index (χ3n) is 2.43. The lowest BCUT2D eigenvalue weighted by Gasteiger charge is -2.06. The van der Waals surface area contributed by atoms with Crippen LogP contribution in [0.4, 0.5) is 0 Å². The Morgan fingerprint density at radius 2 is 1.80 bits per heavy atom. The summed E-state index contributed by atoms with van der Waals surface area (Å²) in [5.74, 6) is 0.410. The van der Waals surface area contributed by atoms with Crippen molar-refractivity contribution in [3.8, 4) is 11.5 Å². The molecular weight excluding hydrogens is 300 g/mol. The predicted molar refractivity (Wildman–Crippen MR) is 78.3 cm³/mol. The smallest absolute Gasteiger partial charge is 0.346 e. The summed E-state index contributed by atoms with van der Waals surface area (Å²) in [6.07, 6.45) is 0.709. The number of aromatic carboxylic acids is 1. The summed E-state index contributed by atoms with van der Waals surface area (Å²) in [5, 5.41) is 11.1. The van der Waals surface area contributed by atoms with Gasteiger partial charge in [-0.1, -0.05) is 11.6 Å². The summed E-state index contributed by atoms with van der Waals surface area (Å²) >= 11 is 6.92. The fourth-order valence-corrected chi connectivity index (χ4v) is 2.27. The SMILES string of the molecule is O=C(O)c1cc(OCCCOc2ccc(Cl)cc2)cs1. The van der Waals surface area contributed by atoms with Crippen molar-refractivity contribution in [3.05, 3.63) is 45.6 Å². The fourth-order valence-electron chi connectivity index (χ4n) is 1.48. The van der Waals surface area contributed by atoms with Gasteiger partial charge in [0.2, 0.25) is 0 Å². The highest BCUT2D eigenvalue weighted by Gasteiger charge is 2.07. The van der Waals surface area contributed by atoms with Crippen LogP contribution in [0.1, 0.15) is 16.1 Å². The summed E-state index contributed by atoms with van der Waals surface area (Å²) < 4.78 is 11.0. The van der Waals surface area contributed by atoms with Crippen molar-refractivity contribution >= 4 is 28.9 Å². The molecule has 1 aromatic carbocycles. The molecule has 0 amide bonds. The second-order valence-corrected chi connectivity index (χ2v) is 5.30. The maximum atomic E-state index is 10.7. The van der Waals surface area contributed by atoms with Gasteiger partial charge in [0.1, 0.15) is 16.4 Å². The molecule has 1 aromatic heterocycles. The Kier molecular flexibility index (Phi) is 5.26. The molecule has 0 fully saturated rings. The molecule has 0 bridgehead atoms. The highest BCUT2D eigenvalue weighted by atomic mass is 35.5. The lowest BCUT2D eigenvalue weighted by molar-refractivity contribution is 0.0702. The van der Waals surface area contributed by atoms with E-state index in [1.165, 1.54) is 6.07 Å². The Labute approximate surface area is 125 Å². The van der Waals surface area contributed by atoms with Gasteiger partial charge in [-0.05, 0) is 24.3 Å². The van der Waals surface area contributed by atoms with Gasteiger partial charge in [-0.3, -0.25) is 0 Å². The molecule has 0 radical (unpaired) electrons. The molecule has 0 unspecified atom stereocenters. The van der Waals surface area contributed by atoms with Crippen molar-refractivity contribution in [1.29, 1.82) is 0 Å². The molecule has 0 aliphatic heterocycles. The van der Waals surface area contributed by atoms with Gasteiger partial charge in [-0.25, -0.2) is 4.79 Å². The standard InChI is InChI=1S/C14H13ClO4S/c15-10-2-4-11(5-3-10)18-6-1-7-19-12-8-13(14(16)17)20-9-12/h2-5,8-9H,1,6-7H2,(H,16,17). The molecule has 0 atom stereocenters. The van der Waals surface area contributed by atoms with E-state index in [2.05, 4.69) is 0 Å². The first-order valence-corrected chi connectivity index (χ1v) is 7.24. The van der Waals surface area contributed by atoms with Gasteiger partial charge < -0.3 is 14.6 Å². The topological polar surface area (TPSA) is 55.8 Å². The summed E-state index contributed by atoms with van der Waals surface area (Å²) in [5.41, 5.74) is 0. The zero-order valence-electron chi connectivity index (χ0n) is 10.5. The third kappa shape index (κ3) is 4.43. The van der Waals surface area contributed by atoms with Gasteiger partial charge in [-0.2, -0.15) is 0 Å². The van der Waals surface area contributed by atoms with Crippen LogP contribution < -0.4 is 9.47 Å². The Morgan fingerprint density at radius 1 is 1.15 bits per heavy atom. The summed E-state index contributed by atoms with van der Waals surface area (Å²) in [4.78, 5) is 11.0. The van der Waals surface area contributed by atoms with Gasteiger partial charge >= 0.3 is 5.97 Å². The molecule has 0 saturated heterocycles. The van der Waals surface area contributed by atoms with Gasteiger partial charge in [0.15, 0.2) is 0 Å². The minimum absolute atomic E-state index is 0.275. The van der Waals surface area contributed by atoms with Crippen LogP contribution >= 0.6 is 22.9 Å². The number of carboxylic acid groups (broad SMARTS) is 1. The number of carboxylic acids is 1. The van der Waals surface area contributed by atoms with Gasteiger partial charge in [0.25, 0.3) is 0 Å². The Balaban J connectivity index is 1.66. The first-order valence-electron chi connectivity index (χ1n) is 5.98. The normalized spacial score (nSPS) is 10.2. The van der Waals surface area contributed by atoms with Crippen LogP contribution in [0, 0.1) is 0 Å². The number of hydrogen-bond donors (Lipinski definition) is 1. The van der Waals surface area contributed by atoms with Crippen LogP contribution in [0.15, 0.2) is 35.7 Å². The van der Waals surface area contributed by atoms with Crippen molar-refractivity contribution in [2.75, 3.05) is 13.2 Å². The second kappa shape index (κ2) is 7.17. The van der Waals surface area contributed by atoms with Crippen LogP contribution in [0.25, 0.3) is 0 Å². The second-order valence-electron chi connectivity index (χ2n) is 3.96. The number of ether oxygens (including phenoxy) is 2. The summed E-state index contributed by atoms with van der Waals surface area (Å²) in [6.45, 7) is 1.00. The highest BCUT2D eigenvalue weighted by Crippen LogP contribution is 2.21. The van der Waals surface area contributed by atoms with E-state index < -0.39 is 5.97 Å². The van der Waals surface area contributed by atoms with Crippen molar-refractivity contribution in [1.82, 2.24) is 0 Å². The monoisotopic (exact) mass is 312 g/mol. The van der Waals surface area contributed by atoms with Gasteiger partial charge in [-0.15, -0.1) is 11.3 Å². The van der Waals surface area contributed by atoms with Crippen molar-refractivity contribution in [2.24, 2.45) is 0 Å². The van der Waals surface area contributed by atoms with E-state index in [0.717, 1.165) is 17.1 Å². The molecule has 106 valence electrons. The molecule has 1 heterocycles. The molecule has 2 aromatic rings. The van der Waals surface area contributed by atoms with Gasteiger partial charge in [0.05, 0.1) is 13.2 Å². The Morgan fingerprint density at radius 3 is 2.40 bits per heavy atom. The van der Waals surface area contributed by atoms with Crippen molar-refractivity contribution in [3.63, 3.8) is 0 Å². The van der Waals surface area contributed by atoms with E-state index >= 15 is 0 Å². The Hall–Kier alpha value is -1.72. The first kappa shape index (κ1) is 14.7. The largest absolute Gasteiger partial charge is 0.493 e. The first-order chi connectivity index (χ1) is 9.65. The van der Waals surface area contributed by atoms with Crippen LogP contribution in [0.3, 0.4) is 0 Å². The van der Waals surface area contributed by atoms with E-state index in [-0.39, 0.29) is 4.88 Å². The number of carbonyl (C=O) groups is 1. The number of hydrogen-bond acceptors (Lipinski definition) is 4. The van der Waals surface area contributed by atoms with Crippen LogP contribution in [-0.4, -0.2) is 24.3 Å². The van der Waals surface area contributed by atoms with E-state index in [1.807, 2.05) is 0 Å². The van der Waals surface area contributed by atoms with E-state index in [1.54, 1.807) is 29.6 Å². The highest BCUT2D eigenvalue weighted by molar-refractivity contribution is 7.12. The molecule has 0 aliphatic carbocycles. The third-order valence-corrected chi connectivity index (χ3v) is 3.57. The minimum atomic E-state index is -0.934. The molecule has 0 saturated carbocycles. The van der Waals surface area contributed by atoms with Crippen LogP contribution in [0.2, 0.25) is 5.02 Å². The predicted octanol–water partition coefficient (Wildman–Crippen LogP) is 3.95. The van der Waals surface area contributed by atoms with Crippen molar-refractivity contribution in [2.45, 2.75) is 6.42 Å². The lowest BCUT2D eigenvalue weighted by atomic mass is 10.3. The maximum Gasteiger partial charge on any atom is 0.346 e. The maximum absolute atomic E-state index is 10.7. The molecule has 1 N–H and O–H groups in total. The van der Waals surface area contributed by atoms with Crippen LogP contribution in [0.5, 0.6) is 11.5 Å². The molecule has 4 nitrogen and oxygen atoms in total. The molecule has 0 spiro atoms. The molecule has 6 heteroatoms. The average molecular weight is 313 g/mol. The fraction of sp³-hybridized carbons (Fsp3) is 0.214. The average Bonchev–Trinajstić information content (AvgIpc) is 2.89. The van der Waals surface area contributed by atoms with E-state index in [0.29, 0.717) is 30.4 Å². The molecule has 20 heavy (non-hydrogen) atoms. The Bertz CT molecular complexity index is 565. The van der Waals surface area contributed by atoms with Crippen LogP contribution in [-0.2, 0) is 0 Å². The zero-order valence-corrected chi connectivity index (χ0v) is 12.1. The van der Waals surface area contributed by atoms with Gasteiger partial charge in [0, 0.05) is 22.9 Å². The minimum Gasteiger partial charge on any atom is -0.493 e. The number of halogens is 1. The molecule has 0 aliphatic rings. The van der Waals surface area contributed by atoms with E-state index in [9.17, 15) is 4.79 Å². The molecular formula is C14H13ClO4S. The lowest BCUT2D eigenvalue weighted by Crippen LogP contribution is -2.04. The quantitative estimate of drug-likeness (QED) is 0.787. The number of benzene rings is 1. The zero-order chi connectivity index (χ0) is 14.4. The summed E-state index contributed by atoms with van der Waals surface area (Å²) in [7, 11) is 0. The number of rotatable bonds is 7. The van der Waals surface area contributed by atoms with Crippen molar-refractivity contribution < 1.29 is 19.4 Å².